The molecule has 0 bridgehead atoms. The predicted molar refractivity (Wildman–Crippen MR) is 118 cm³/mol. The van der Waals surface area contributed by atoms with Crippen molar-refractivity contribution in [1.82, 2.24) is 10.2 Å². The molecule has 2 aromatic rings. The smallest absolute Gasteiger partial charge is 0.258 e. The second kappa shape index (κ2) is 10.2. The van der Waals surface area contributed by atoms with E-state index in [0.717, 1.165) is 16.9 Å². The lowest BCUT2D eigenvalue weighted by atomic mass is 10.0. The molecule has 0 radical (unpaired) electrons. The Balaban J connectivity index is 1.49. The average Bonchev–Trinajstić information content (AvgIpc) is 2.79. The highest BCUT2D eigenvalue weighted by Crippen LogP contribution is 2.24. The van der Waals surface area contributed by atoms with Crippen molar-refractivity contribution < 1.29 is 23.8 Å². The van der Waals surface area contributed by atoms with E-state index in [1.807, 2.05) is 32.0 Å². The van der Waals surface area contributed by atoms with Crippen molar-refractivity contribution in [3.05, 3.63) is 53.1 Å². The summed E-state index contributed by atoms with van der Waals surface area (Å²) in [6, 6.07) is 11.0. The molecule has 0 aromatic heterocycles. The van der Waals surface area contributed by atoms with Gasteiger partial charge in [-0.25, -0.2) is 0 Å². The van der Waals surface area contributed by atoms with Gasteiger partial charge >= 0.3 is 0 Å². The lowest BCUT2D eigenvalue weighted by Crippen LogP contribution is -2.47. The molecule has 0 saturated carbocycles. The number of hydrogen-bond donors (Lipinski definition) is 1. The topological polar surface area (TPSA) is 77.1 Å². The minimum atomic E-state index is -0.150. The van der Waals surface area contributed by atoms with Gasteiger partial charge in [-0.05, 0) is 56.0 Å². The molecule has 0 atom stereocenters. The molecule has 1 fully saturated rings. The number of nitrogens with zero attached hydrogens (tertiary/aromatic N) is 1. The number of aryl methyl sites for hydroxylation is 1. The molecule has 166 valence electrons. The maximum Gasteiger partial charge on any atom is 0.258 e. The van der Waals surface area contributed by atoms with Gasteiger partial charge in [-0.1, -0.05) is 12.1 Å². The van der Waals surface area contributed by atoms with E-state index in [1.165, 1.54) is 0 Å². The minimum Gasteiger partial charge on any atom is -0.497 e. The van der Waals surface area contributed by atoms with Crippen LogP contribution in [0.4, 0.5) is 0 Å². The van der Waals surface area contributed by atoms with Gasteiger partial charge in [0.25, 0.3) is 11.8 Å². The van der Waals surface area contributed by atoms with Crippen LogP contribution < -0.4 is 19.5 Å². The Morgan fingerprint density at radius 1 is 1.03 bits per heavy atom. The standard InChI is InChI=1S/C24H30N2O5/c1-16-6-5-7-22(17(16)2)31-15-23(27)25-19-8-10-26(11-9-19)24(28)18-12-20(29-3)14-21(13-18)30-4/h5-7,12-14,19H,8-11,15H2,1-4H3,(H,25,27). The highest BCUT2D eigenvalue weighted by molar-refractivity contribution is 5.95. The molecule has 31 heavy (non-hydrogen) atoms. The first-order valence-electron chi connectivity index (χ1n) is 10.4. The van der Waals surface area contributed by atoms with Gasteiger partial charge in [0.2, 0.25) is 0 Å². The molecule has 7 heteroatoms. The lowest BCUT2D eigenvalue weighted by Gasteiger charge is -2.32. The third-order valence-electron chi connectivity index (χ3n) is 5.66. The Kier molecular flexibility index (Phi) is 7.39. The molecule has 0 aliphatic carbocycles. The Bertz CT molecular complexity index is 913. The predicted octanol–water partition coefficient (Wildman–Crippen LogP) is 3.12. The van der Waals surface area contributed by atoms with Crippen LogP contribution in [0.5, 0.6) is 17.2 Å². The van der Waals surface area contributed by atoms with Gasteiger partial charge in [-0.3, -0.25) is 9.59 Å². The first kappa shape index (κ1) is 22.5. The van der Waals surface area contributed by atoms with E-state index in [9.17, 15) is 9.59 Å². The van der Waals surface area contributed by atoms with Crippen LogP contribution in [0.15, 0.2) is 36.4 Å². The van der Waals surface area contributed by atoms with Gasteiger partial charge in [0.1, 0.15) is 17.2 Å². The molecule has 1 saturated heterocycles. The van der Waals surface area contributed by atoms with Crippen molar-refractivity contribution in [2.45, 2.75) is 32.7 Å². The second-order valence-electron chi connectivity index (χ2n) is 7.72. The summed E-state index contributed by atoms with van der Waals surface area (Å²) in [6.45, 7) is 5.11. The van der Waals surface area contributed by atoms with Gasteiger partial charge in [-0.2, -0.15) is 0 Å². The number of piperidine rings is 1. The third kappa shape index (κ3) is 5.69. The van der Waals surface area contributed by atoms with Crippen molar-refractivity contribution in [3.8, 4) is 17.2 Å². The normalized spacial score (nSPS) is 14.1. The summed E-state index contributed by atoms with van der Waals surface area (Å²) in [5, 5.41) is 3.02. The Labute approximate surface area is 183 Å². The number of carbonyl (C=O) groups excluding carboxylic acids is 2. The van der Waals surface area contributed by atoms with E-state index in [4.69, 9.17) is 14.2 Å². The van der Waals surface area contributed by atoms with Crippen molar-refractivity contribution in [2.75, 3.05) is 33.9 Å². The maximum absolute atomic E-state index is 12.9. The monoisotopic (exact) mass is 426 g/mol. The van der Waals surface area contributed by atoms with E-state index in [0.29, 0.717) is 43.0 Å². The van der Waals surface area contributed by atoms with Crippen molar-refractivity contribution in [2.24, 2.45) is 0 Å². The summed E-state index contributed by atoms with van der Waals surface area (Å²) in [6.07, 6.45) is 1.39. The molecule has 1 aliphatic rings. The highest BCUT2D eigenvalue weighted by atomic mass is 16.5. The number of carbonyl (C=O) groups is 2. The number of benzene rings is 2. The van der Waals surface area contributed by atoms with Gasteiger partial charge in [0, 0.05) is 30.8 Å². The first-order valence-corrected chi connectivity index (χ1v) is 10.4. The fraction of sp³-hybridized carbons (Fsp3) is 0.417. The molecule has 0 spiro atoms. The molecule has 2 aromatic carbocycles. The zero-order valence-corrected chi connectivity index (χ0v) is 18.6. The van der Waals surface area contributed by atoms with Crippen LogP contribution >= 0.6 is 0 Å². The van der Waals surface area contributed by atoms with Crippen LogP contribution in [0.2, 0.25) is 0 Å². The summed E-state index contributed by atoms with van der Waals surface area (Å²) < 4.78 is 16.2. The molecule has 1 N–H and O–H groups in total. The molecule has 7 nitrogen and oxygen atoms in total. The molecule has 3 rings (SSSR count). The number of methoxy groups -OCH3 is 2. The number of ether oxygens (including phenoxy) is 3. The van der Waals surface area contributed by atoms with Crippen LogP contribution in [-0.2, 0) is 4.79 Å². The number of rotatable bonds is 7. The van der Waals surface area contributed by atoms with Gasteiger partial charge in [0.05, 0.1) is 14.2 Å². The molecule has 1 heterocycles. The van der Waals surface area contributed by atoms with Crippen LogP contribution in [-0.4, -0.2) is 56.7 Å². The van der Waals surface area contributed by atoms with Gasteiger partial charge < -0.3 is 24.4 Å². The van der Waals surface area contributed by atoms with Gasteiger partial charge in [0.15, 0.2) is 6.61 Å². The molecule has 2 amide bonds. The first-order chi connectivity index (χ1) is 14.9. The third-order valence-corrected chi connectivity index (χ3v) is 5.66. The van der Waals surface area contributed by atoms with E-state index in [1.54, 1.807) is 37.3 Å². The summed E-state index contributed by atoms with van der Waals surface area (Å²) in [7, 11) is 3.11. The summed E-state index contributed by atoms with van der Waals surface area (Å²) in [5.74, 6) is 1.66. The largest absolute Gasteiger partial charge is 0.497 e. The summed E-state index contributed by atoms with van der Waals surface area (Å²) in [4.78, 5) is 27.0. The molecule has 0 unspecified atom stereocenters. The zero-order chi connectivity index (χ0) is 22.4. The van der Waals surface area contributed by atoms with Crippen LogP contribution in [0, 0.1) is 13.8 Å². The van der Waals surface area contributed by atoms with Crippen LogP contribution in [0.25, 0.3) is 0 Å². The molecule has 1 aliphatic heterocycles. The van der Waals surface area contributed by atoms with Crippen molar-refractivity contribution >= 4 is 11.8 Å². The Morgan fingerprint density at radius 2 is 1.68 bits per heavy atom. The molecular weight excluding hydrogens is 396 g/mol. The van der Waals surface area contributed by atoms with E-state index in [-0.39, 0.29) is 24.5 Å². The van der Waals surface area contributed by atoms with Gasteiger partial charge in [-0.15, -0.1) is 0 Å². The van der Waals surface area contributed by atoms with E-state index >= 15 is 0 Å². The quantitative estimate of drug-likeness (QED) is 0.736. The lowest BCUT2D eigenvalue weighted by molar-refractivity contribution is -0.124. The van der Waals surface area contributed by atoms with Crippen LogP contribution in [0.1, 0.15) is 34.3 Å². The fourth-order valence-electron chi connectivity index (χ4n) is 3.63. The summed E-state index contributed by atoms with van der Waals surface area (Å²) in [5.41, 5.74) is 2.69. The minimum absolute atomic E-state index is 0.0208. The summed E-state index contributed by atoms with van der Waals surface area (Å²) >= 11 is 0. The molecular formula is C24H30N2O5. The zero-order valence-electron chi connectivity index (χ0n) is 18.6. The Morgan fingerprint density at radius 3 is 2.29 bits per heavy atom. The van der Waals surface area contributed by atoms with Crippen LogP contribution in [0.3, 0.4) is 0 Å². The maximum atomic E-state index is 12.9. The van der Waals surface area contributed by atoms with E-state index < -0.39 is 0 Å². The Hall–Kier alpha value is -3.22. The SMILES string of the molecule is COc1cc(OC)cc(C(=O)N2CCC(NC(=O)COc3cccc(C)c3C)CC2)c1. The fourth-order valence-corrected chi connectivity index (χ4v) is 3.63. The number of hydrogen-bond acceptors (Lipinski definition) is 5. The highest BCUT2D eigenvalue weighted by Gasteiger charge is 2.25. The van der Waals surface area contributed by atoms with E-state index in [2.05, 4.69) is 5.32 Å². The second-order valence-corrected chi connectivity index (χ2v) is 7.72. The number of amides is 2. The number of likely N-dealkylation sites (tertiary alicyclic amines) is 1. The number of nitrogens with one attached hydrogen (secondary N) is 1. The van der Waals surface area contributed by atoms with Crippen molar-refractivity contribution in [1.29, 1.82) is 0 Å². The van der Waals surface area contributed by atoms with Crippen molar-refractivity contribution in [3.63, 3.8) is 0 Å². The average molecular weight is 427 g/mol.